The SMILES string of the molecule is CC1CCC2(OC1)OC1CC3C4C(CO)C=C5CC(CC6OC(CO)C(OC7OC(C)C(O)C(O)C7O)C(O)C6O)CCC5(C)C4CCC3(C)C1C2C. The Morgan fingerprint density at radius 2 is 1.58 bits per heavy atom. The van der Waals surface area contributed by atoms with Crippen molar-refractivity contribution in [3.8, 4) is 0 Å². The zero-order valence-electron chi connectivity index (χ0n) is 32.2. The zero-order valence-corrected chi connectivity index (χ0v) is 32.2. The first-order valence-corrected chi connectivity index (χ1v) is 20.8. The lowest BCUT2D eigenvalue weighted by Gasteiger charge is -2.60. The predicted octanol–water partition coefficient (Wildman–Crippen LogP) is 2.27. The smallest absolute Gasteiger partial charge is 0.187 e. The molecule has 3 saturated carbocycles. The van der Waals surface area contributed by atoms with Gasteiger partial charge in [0.1, 0.15) is 42.7 Å². The van der Waals surface area contributed by atoms with Gasteiger partial charge in [0.15, 0.2) is 12.1 Å². The molecule has 0 amide bonds. The van der Waals surface area contributed by atoms with E-state index < -0.39 is 73.6 Å². The molecule has 0 aromatic rings. The van der Waals surface area contributed by atoms with Crippen molar-refractivity contribution in [3.63, 3.8) is 0 Å². The van der Waals surface area contributed by atoms with Crippen LogP contribution in [0.1, 0.15) is 92.4 Å². The van der Waals surface area contributed by atoms with E-state index in [0.717, 1.165) is 58.0 Å². The summed E-state index contributed by atoms with van der Waals surface area (Å²) in [5.74, 6) is 2.56. The van der Waals surface area contributed by atoms with Gasteiger partial charge in [0.2, 0.25) is 0 Å². The van der Waals surface area contributed by atoms with Crippen LogP contribution in [0.15, 0.2) is 11.6 Å². The second kappa shape index (κ2) is 14.3. The van der Waals surface area contributed by atoms with E-state index in [1.165, 1.54) is 12.5 Å². The van der Waals surface area contributed by atoms with Crippen LogP contribution in [-0.4, -0.2) is 129 Å². The van der Waals surface area contributed by atoms with Gasteiger partial charge >= 0.3 is 0 Å². The van der Waals surface area contributed by atoms with Crippen LogP contribution in [0.2, 0.25) is 0 Å². The maximum atomic E-state index is 11.3. The van der Waals surface area contributed by atoms with Crippen molar-refractivity contribution in [2.45, 2.75) is 166 Å². The number of fused-ring (bicyclic) bond motifs is 7. The Labute approximate surface area is 314 Å². The van der Waals surface area contributed by atoms with E-state index in [2.05, 4.69) is 33.8 Å². The van der Waals surface area contributed by atoms with Crippen molar-refractivity contribution in [2.24, 2.45) is 58.2 Å². The summed E-state index contributed by atoms with van der Waals surface area (Å²) in [4.78, 5) is 0. The maximum Gasteiger partial charge on any atom is 0.187 e. The predicted molar refractivity (Wildman–Crippen MR) is 191 cm³/mol. The Hall–Kier alpha value is -0.740. The van der Waals surface area contributed by atoms with Crippen LogP contribution in [0.5, 0.6) is 0 Å². The molecule has 22 atom stereocenters. The maximum absolute atomic E-state index is 11.3. The Kier molecular flexibility index (Phi) is 10.5. The average Bonchev–Trinajstić information content (AvgIpc) is 3.59. The minimum Gasteiger partial charge on any atom is -0.396 e. The fraction of sp³-hybridized carbons (Fsp3) is 0.951. The topological polar surface area (TPSA) is 188 Å². The molecule has 0 radical (unpaired) electrons. The molecule has 0 aromatic heterocycles. The molecule has 0 aromatic carbocycles. The van der Waals surface area contributed by atoms with Gasteiger partial charge in [-0.1, -0.05) is 39.3 Å². The molecular formula is C41H66O12. The number of hydrogen-bond donors (Lipinski definition) is 7. The van der Waals surface area contributed by atoms with Crippen molar-refractivity contribution in [1.29, 1.82) is 0 Å². The Morgan fingerprint density at radius 1 is 0.811 bits per heavy atom. The molecular weight excluding hydrogens is 684 g/mol. The highest BCUT2D eigenvalue weighted by Crippen LogP contribution is 2.71. The van der Waals surface area contributed by atoms with Crippen LogP contribution in [0.25, 0.3) is 0 Å². The van der Waals surface area contributed by atoms with Gasteiger partial charge in [0.05, 0.1) is 31.5 Å². The third-order valence-corrected chi connectivity index (χ3v) is 16.5. The lowest BCUT2D eigenvalue weighted by Crippen LogP contribution is -2.64. The van der Waals surface area contributed by atoms with Gasteiger partial charge < -0.3 is 59.4 Å². The number of ether oxygens (including phenoxy) is 5. The normalized spacial score (nSPS) is 58.0. The summed E-state index contributed by atoms with van der Waals surface area (Å²) >= 11 is 0. The summed E-state index contributed by atoms with van der Waals surface area (Å²) in [6.45, 7) is 11.5. The summed E-state index contributed by atoms with van der Waals surface area (Å²) in [6, 6.07) is 0. The van der Waals surface area contributed by atoms with Crippen molar-refractivity contribution >= 4 is 0 Å². The molecule has 12 nitrogen and oxygen atoms in total. The first-order valence-electron chi connectivity index (χ1n) is 20.8. The zero-order chi connectivity index (χ0) is 37.8. The monoisotopic (exact) mass is 750 g/mol. The van der Waals surface area contributed by atoms with Crippen LogP contribution in [-0.2, 0) is 23.7 Å². The molecule has 53 heavy (non-hydrogen) atoms. The molecule has 7 fully saturated rings. The Bertz CT molecular complexity index is 1350. The second-order valence-electron chi connectivity index (χ2n) is 19.3. The summed E-state index contributed by atoms with van der Waals surface area (Å²) in [5, 5.41) is 74.6. The third kappa shape index (κ3) is 6.15. The molecule has 1 spiro atoms. The molecule has 8 rings (SSSR count). The quantitative estimate of drug-likeness (QED) is 0.197. The van der Waals surface area contributed by atoms with Crippen LogP contribution < -0.4 is 0 Å². The average molecular weight is 751 g/mol. The van der Waals surface area contributed by atoms with Crippen molar-refractivity contribution in [1.82, 2.24) is 0 Å². The number of allylic oxidation sites excluding steroid dienone is 1. The van der Waals surface area contributed by atoms with Crippen molar-refractivity contribution < 1.29 is 59.4 Å². The van der Waals surface area contributed by atoms with Gasteiger partial charge in [-0.2, -0.15) is 0 Å². The highest BCUT2D eigenvalue weighted by molar-refractivity contribution is 5.28. The summed E-state index contributed by atoms with van der Waals surface area (Å²) < 4.78 is 31.1. The van der Waals surface area contributed by atoms with Gasteiger partial charge in [0.25, 0.3) is 0 Å². The van der Waals surface area contributed by atoms with E-state index in [1.54, 1.807) is 0 Å². The molecule has 4 aliphatic carbocycles. The fourth-order valence-corrected chi connectivity index (χ4v) is 13.4. The standard InChI is InChI=1S/C41H66O12/c1-19-6-11-41(49-18-19)20(2)31-27(53-41)15-26-30-23(16-42)14-24-12-22(7-9-39(24,4)25(30)8-10-40(26,31)5)13-28-33(45)35(47)37(29(17-43)51-28)52-38-36(48)34(46)32(44)21(3)50-38/h14,19-23,25-38,42-48H,6-13,15-18H2,1-5H3. The lowest BCUT2D eigenvalue weighted by molar-refractivity contribution is -0.338. The minimum atomic E-state index is -1.60. The van der Waals surface area contributed by atoms with E-state index >= 15 is 0 Å². The molecule has 4 aliphatic heterocycles. The summed E-state index contributed by atoms with van der Waals surface area (Å²) in [7, 11) is 0. The van der Waals surface area contributed by atoms with E-state index in [4.69, 9.17) is 23.7 Å². The minimum absolute atomic E-state index is 0.0242. The summed E-state index contributed by atoms with van der Waals surface area (Å²) in [6.07, 6.45) is -1.10. The van der Waals surface area contributed by atoms with Crippen LogP contribution in [0.4, 0.5) is 0 Å². The van der Waals surface area contributed by atoms with Crippen molar-refractivity contribution in [3.05, 3.63) is 11.6 Å². The Morgan fingerprint density at radius 3 is 2.28 bits per heavy atom. The molecule has 302 valence electrons. The fourth-order valence-electron chi connectivity index (χ4n) is 13.4. The Balaban J connectivity index is 0.949. The number of rotatable bonds is 6. The van der Waals surface area contributed by atoms with E-state index in [0.29, 0.717) is 41.9 Å². The van der Waals surface area contributed by atoms with Gasteiger partial charge in [0, 0.05) is 24.9 Å². The highest BCUT2D eigenvalue weighted by atomic mass is 16.7. The molecule has 22 unspecified atom stereocenters. The van der Waals surface area contributed by atoms with Gasteiger partial charge in [-0.3, -0.25) is 0 Å². The van der Waals surface area contributed by atoms with Gasteiger partial charge in [-0.15, -0.1) is 0 Å². The molecule has 7 N–H and O–H groups in total. The van der Waals surface area contributed by atoms with Gasteiger partial charge in [-0.05, 0) is 105 Å². The number of aliphatic hydroxyl groups excluding tert-OH is 7. The first-order chi connectivity index (χ1) is 25.2. The van der Waals surface area contributed by atoms with E-state index in [-0.39, 0.29) is 35.4 Å². The van der Waals surface area contributed by atoms with Gasteiger partial charge in [-0.25, -0.2) is 0 Å². The molecule has 8 aliphatic rings. The second-order valence-corrected chi connectivity index (χ2v) is 19.3. The van der Waals surface area contributed by atoms with Crippen LogP contribution in [0.3, 0.4) is 0 Å². The molecule has 4 heterocycles. The number of aliphatic hydroxyl groups is 7. The van der Waals surface area contributed by atoms with E-state index in [9.17, 15) is 35.7 Å². The third-order valence-electron chi connectivity index (χ3n) is 16.5. The molecule has 4 saturated heterocycles. The van der Waals surface area contributed by atoms with E-state index in [1.807, 2.05) is 0 Å². The van der Waals surface area contributed by atoms with Crippen LogP contribution in [0, 0.1) is 58.2 Å². The van der Waals surface area contributed by atoms with Crippen molar-refractivity contribution in [2.75, 3.05) is 19.8 Å². The lowest BCUT2D eigenvalue weighted by atomic mass is 9.44. The first kappa shape index (κ1) is 39.1. The highest BCUT2D eigenvalue weighted by Gasteiger charge is 2.69. The van der Waals surface area contributed by atoms with Crippen LogP contribution >= 0.6 is 0 Å². The molecule has 12 heteroatoms. The largest absolute Gasteiger partial charge is 0.396 e. The summed E-state index contributed by atoms with van der Waals surface area (Å²) in [5.41, 5.74) is 1.57. The molecule has 0 bridgehead atoms. The number of hydrogen-bond acceptors (Lipinski definition) is 12.